The predicted molar refractivity (Wildman–Crippen MR) is 92.7 cm³/mol. The molecule has 126 valence electrons. The van der Waals surface area contributed by atoms with Gasteiger partial charge in [0.1, 0.15) is 12.4 Å². The van der Waals surface area contributed by atoms with Crippen LogP contribution in [0.3, 0.4) is 0 Å². The van der Waals surface area contributed by atoms with Crippen LogP contribution in [0.15, 0.2) is 42.5 Å². The van der Waals surface area contributed by atoms with Gasteiger partial charge in [0.15, 0.2) is 0 Å². The summed E-state index contributed by atoms with van der Waals surface area (Å²) in [5.74, 6) is -1.03. The lowest BCUT2D eigenvalue weighted by atomic mass is 10.2. The molecule has 0 radical (unpaired) electrons. The van der Waals surface area contributed by atoms with E-state index < -0.39 is 0 Å². The van der Waals surface area contributed by atoms with Gasteiger partial charge in [-0.15, -0.1) is 0 Å². The molecule has 4 nitrogen and oxygen atoms in total. The number of nitrogens with zero attached hydrogens (tertiary/aromatic N) is 1. The molecule has 0 aliphatic carbocycles. The molecule has 2 aromatic carbocycles. The number of nitrogens with one attached hydrogen (secondary N) is 1. The van der Waals surface area contributed by atoms with Crippen LogP contribution in [0, 0.1) is 5.82 Å². The van der Waals surface area contributed by atoms with Gasteiger partial charge in [0.05, 0.1) is 10.7 Å². The molecule has 0 aromatic heterocycles. The number of rotatable bonds is 5. The fraction of sp³-hybridized carbons (Fsp3) is 0.176. The lowest BCUT2D eigenvalue weighted by molar-refractivity contribution is -0.123. The van der Waals surface area contributed by atoms with Crippen LogP contribution in [0.2, 0.25) is 10.0 Å². The molecular weight excluding hydrogens is 354 g/mol. The average molecular weight is 369 g/mol. The van der Waals surface area contributed by atoms with Crippen LogP contribution in [-0.4, -0.2) is 18.4 Å². The molecule has 2 aromatic rings. The van der Waals surface area contributed by atoms with Crippen LogP contribution in [0.5, 0.6) is 0 Å². The molecule has 24 heavy (non-hydrogen) atoms. The smallest absolute Gasteiger partial charge is 0.240 e. The van der Waals surface area contributed by atoms with E-state index >= 15 is 0 Å². The minimum absolute atomic E-state index is 0.183. The summed E-state index contributed by atoms with van der Waals surface area (Å²) < 4.78 is 12.8. The Morgan fingerprint density at radius 3 is 2.38 bits per heavy atom. The first-order chi connectivity index (χ1) is 11.4. The molecule has 0 spiro atoms. The van der Waals surface area contributed by atoms with Gasteiger partial charge in [-0.2, -0.15) is 0 Å². The Bertz CT molecular complexity index is 751. The van der Waals surface area contributed by atoms with E-state index in [1.54, 1.807) is 24.3 Å². The number of amides is 2. The fourth-order valence-electron chi connectivity index (χ4n) is 2.07. The lowest BCUT2D eigenvalue weighted by Crippen LogP contribution is -2.39. The highest BCUT2D eigenvalue weighted by atomic mass is 35.5. The third kappa shape index (κ3) is 4.94. The van der Waals surface area contributed by atoms with E-state index in [4.69, 9.17) is 23.2 Å². The van der Waals surface area contributed by atoms with Gasteiger partial charge < -0.3 is 10.2 Å². The van der Waals surface area contributed by atoms with Crippen molar-refractivity contribution in [2.24, 2.45) is 0 Å². The Balaban J connectivity index is 2.03. The van der Waals surface area contributed by atoms with E-state index in [0.717, 1.165) is 5.56 Å². The minimum Gasteiger partial charge on any atom is -0.350 e. The second-order valence-electron chi connectivity index (χ2n) is 5.10. The average Bonchev–Trinajstić information content (AvgIpc) is 2.52. The van der Waals surface area contributed by atoms with E-state index in [1.165, 1.54) is 30.0 Å². The first kappa shape index (κ1) is 18.2. The predicted octanol–water partition coefficient (Wildman–Crippen LogP) is 3.80. The zero-order chi connectivity index (χ0) is 17.7. The SMILES string of the molecule is CC(=O)N(CC(=O)NCc1ccc(F)cc1)c1ccc(Cl)cc1Cl. The maximum atomic E-state index is 12.8. The highest BCUT2D eigenvalue weighted by Crippen LogP contribution is 2.28. The quantitative estimate of drug-likeness (QED) is 0.872. The summed E-state index contributed by atoms with van der Waals surface area (Å²) in [6, 6.07) is 10.5. The van der Waals surface area contributed by atoms with Gasteiger partial charge in [0.25, 0.3) is 0 Å². The standard InChI is InChI=1S/C17H15Cl2FN2O2/c1-11(23)22(16-7-4-13(18)8-15(16)19)10-17(24)21-9-12-2-5-14(20)6-3-12/h2-8H,9-10H2,1H3,(H,21,24). The van der Waals surface area contributed by atoms with Crippen LogP contribution < -0.4 is 10.2 Å². The molecule has 2 amide bonds. The van der Waals surface area contributed by atoms with E-state index in [0.29, 0.717) is 10.7 Å². The van der Waals surface area contributed by atoms with Crippen molar-refractivity contribution in [1.29, 1.82) is 0 Å². The van der Waals surface area contributed by atoms with Crippen LogP contribution in [0.25, 0.3) is 0 Å². The zero-order valence-corrected chi connectivity index (χ0v) is 14.4. The van der Waals surface area contributed by atoms with Gasteiger partial charge in [-0.3, -0.25) is 9.59 Å². The summed E-state index contributed by atoms with van der Waals surface area (Å²) >= 11 is 11.9. The molecule has 1 N–H and O–H groups in total. The summed E-state index contributed by atoms with van der Waals surface area (Å²) in [4.78, 5) is 25.2. The molecule has 0 unspecified atom stereocenters. The molecule has 0 bridgehead atoms. The van der Waals surface area contributed by atoms with E-state index in [2.05, 4.69) is 5.32 Å². The summed E-state index contributed by atoms with van der Waals surface area (Å²) in [5, 5.41) is 3.40. The second kappa shape index (κ2) is 8.13. The maximum absolute atomic E-state index is 12.8. The molecule has 0 saturated heterocycles. The van der Waals surface area contributed by atoms with Crippen molar-refractivity contribution in [1.82, 2.24) is 5.32 Å². The molecule has 0 heterocycles. The summed E-state index contributed by atoms with van der Waals surface area (Å²) in [5.41, 5.74) is 1.16. The van der Waals surface area contributed by atoms with Crippen molar-refractivity contribution < 1.29 is 14.0 Å². The largest absolute Gasteiger partial charge is 0.350 e. The van der Waals surface area contributed by atoms with Crippen LogP contribution in [-0.2, 0) is 16.1 Å². The summed E-state index contributed by atoms with van der Waals surface area (Å²) in [6.45, 7) is 1.40. The normalized spacial score (nSPS) is 10.3. The van der Waals surface area contributed by atoms with Crippen LogP contribution in [0.4, 0.5) is 10.1 Å². The highest BCUT2D eigenvalue weighted by molar-refractivity contribution is 6.36. The fourth-order valence-corrected chi connectivity index (χ4v) is 2.58. The second-order valence-corrected chi connectivity index (χ2v) is 5.95. The Hall–Kier alpha value is -2.11. The summed E-state index contributed by atoms with van der Waals surface area (Å²) in [6.07, 6.45) is 0. The van der Waals surface area contributed by atoms with Gasteiger partial charge >= 0.3 is 0 Å². The molecule has 2 rings (SSSR count). The first-order valence-electron chi connectivity index (χ1n) is 7.11. The minimum atomic E-state index is -0.361. The number of benzene rings is 2. The third-order valence-corrected chi connectivity index (χ3v) is 3.82. The van der Waals surface area contributed by atoms with Crippen LogP contribution >= 0.6 is 23.2 Å². The van der Waals surface area contributed by atoms with Crippen molar-refractivity contribution in [2.45, 2.75) is 13.5 Å². The third-order valence-electron chi connectivity index (χ3n) is 3.29. The van der Waals surface area contributed by atoms with Gasteiger partial charge in [-0.05, 0) is 35.9 Å². The van der Waals surface area contributed by atoms with Gasteiger partial charge in [0, 0.05) is 18.5 Å². The van der Waals surface area contributed by atoms with Gasteiger partial charge in [-0.25, -0.2) is 4.39 Å². The van der Waals surface area contributed by atoms with Crippen molar-refractivity contribution in [3.8, 4) is 0 Å². The van der Waals surface area contributed by atoms with Gasteiger partial charge in [0.2, 0.25) is 11.8 Å². The number of carbonyl (C=O) groups excluding carboxylic acids is 2. The summed E-state index contributed by atoms with van der Waals surface area (Å²) in [7, 11) is 0. The zero-order valence-electron chi connectivity index (χ0n) is 12.9. The van der Waals surface area contributed by atoms with E-state index in [-0.39, 0.29) is 35.7 Å². The number of carbonyl (C=O) groups is 2. The Morgan fingerprint density at radius 2 is 1.79 bits per heavy atom. The number of anilines is 1. The van der Waals surface area contributed by atoms with Crippen molar-refractivity contribution >= 4 is 40.7 Å². The molecule has 0 fully saturated rings. The molecule has 0 saturated carbocycles. The topological polar surface area (TPSA) is 49.4 Å². The number of hydrogen-bond acceptors (Lipinski definition) is 2. The highest BCUT2D eigenvalue weighted by Gasteiger charge is 2.18. The van der Waals surface area contributed by atoms with Crippen molar-refractivity contribution in [3.63, 3.8) is 0 Å². The first-order valence-corrected chi connectivity index (χ1v) is 7.86. The van der Waals surface area contributed by atoms with Crippen molar-refractivity contribution in [3.05, 3.63) is 63.9 Å². The van der Waals surface area contributed by atoms with E-state index in [1.807, 2.05) is 0 Å². The van der Waals surface area contributed by atoms with Crippen molar-refractivity contribution in [2.75, 3.05) is 11.4 Å². The number of halogens is 3. The molecule has 0 aliphatic rings. The Labute approximate surface area is 149 Å². The van der Waals surface area contributed by atoms with E-state index in [9.17, 15) is 14.0 Å². The lowest BCUT2D eigenvalue weighted by Gasteiger charge is -2.22. The molecule has 0 atom stereocenters. The Morgan fingerprint density at radius 1 is 1.12 bits per heavy atom. The van der Waals surface area contributed by atoms with Gasteiger partial charge in [-0.1, -0.05) is 35.3 Å². The molecule has 0 aliphatic heterocycles. The monoisotopic (exact) mass is 368 g/mol. The Kier molecular flexibility index (Phi) is 6.17. The number of hydrogen-bond donors (Lipinski definition) is 1. The molecule has 7 heteroatoms. The molecular formula is C17H15Cl2FN2O2. The maximum Gasteiger partial charge on any atom is 0.240 e. The van der Waals surface area contributed by atoms with Crippen LogP contribution in [0.1, 0.15) is 12.5 Å².